The molecule has 1 aliphatic rings. The fourth-order valence-electron chi connectivity index (χ4n) is 2.76. The summed E-state index contributed by atoms with van der Waals surface area (Å²) in [5, 5.41) is 9.13. The van der Waals surface area contributed by atoms with Gasteiger partial charge in [0.15, 0.2) is 11.5 Å². The molecule has 0 fully saturated rings. The number of carbonyl (C=O) groups is 1. The summed E-state index contributed by atoms with van der Waals surface area (Å²) in [4.78, 5) is 11.1. The summed E-state index contributed by atoms with van der Waals surface area (Å²) in [6.45, 7) is 6.99. The SMILES string of the molecule is CCc1c2c(cc(Br)c1C(C)(C)CC(=O)O)OCCO2. The van der Waals surface area contributed by atoms with Crippen molar-refractivity contribution >= 4 is 21.9 Å². The molecule has 2 rings (SSSR count). The summed E-state index contributed by atoms with van der Waals surface area (Å²) >= 11 is 3.56. The second-order valence-corrected chi connectivity index (χ2v) is 6.40. The van der Waals surface area contributed by atoms with E-state index in [-0.39, 0.29) is 6.42 Å². The van der Waals surface area contributed by atoms with Crippen LogP contribution in [0.1, 0.15) is 38.3 Å². The average Bonchev–Trinajstić information content (AvgIpc) is 2.35. The Morgan fingerprint density at radius 2 is 2.05 bits per heavy atom. The van der Waals surface area contributed by atoms with Crippen molar-refractivity contribution in [2.24, 2.45) is 0 Å². The van der Waals surface area contributed by atoms with Crippen molar-refractivity contribution in [3.8, 4) is 11.5 Å². The lowest BCUT2D eigenvalue weighted by atomic mass is 9.78. The molecule has 1 aromatic rings. The summed E-state index contributed by atoms with van der Waals surface area (Å²) in [5.74, 6) is 0.684. The number of fused-ring (bicyclic) bond motifs is 1. The highest BCUT2D eigenvalue weighted by atomic mass is 79.9. The highest BCUT2D eigenvalue weighted by Crippen LogP contribution is 2.45. The zero-order valence-corrected chi connectivity index (χ0v) is 13.5. The molecular weight excluding hydrogens is 324 g/mol. The normalized spacial score (nSPS) is 14.2. The van der Waals surface area contributed by atoms with E-state index in [9.17, 15) is 4.79 Å². The smallest absolute Gasteiger partial charge is 0.304 e. The Hall–Kier alpha value is -1.23. The fraction of sp³-hybridized carbons (Fsp3) is 0.533. The summed E-state index contributed by atoms with van der Waals surface area (Å²) in [6.07, 6.45) is 0.835. The van der Waals surface area contributed by atoms with Crippen LogP contribution in [0.15, 0.2) is 10.5 Å². The second kappa shape index (κ2) is 5.64. The van der Waals surface area contributed by atoms with E-state index in [2.05, 4.69) is 15.9 Å². The Morgan fingerprint density at radius 3 is 2.65 bits per heavy atom. The molecule has 0 spiro atoms. The van der Waals surface area contributed by atoms with Gasteiger partial charge >= 0.3 is 5.97 Å². The predicted octanol–water partition coefficient (Wildman–Crippen LogP) is 3.54. The van der Waals surface area contributed by atoms with Gasteiger partial charge in [-0.3, -0.25) is 4.79 Å². The maximum absolute atomic E-state index is 11.1. The molecule has 0 bridgehead atoms. The number of benzene rings is 1. The predicted molar refractivity (Wildman–Crippen MR) is 79.8 cm³/mol. The van der Waals surface area contributed by atoms with E-state index in [1.54, 1.807) is 0 Å². The number of rotatable bonds is 4. The zero-order valence-electron chi connectivity index (χ0n) is 12.0. The minimum absolute atomic E-state index is 0.0677. The van der Waals surface area contributed by atoms with Gasteiger partial charge in [0, 0.05) is 15.5 Å². The Morgan fingerprint density at radius 1 is 1.40 bits per heavy atom. The molecule has 20 heavy (non-hydrogen) atoms. The van der Waals surface area contributed by atoms with E-state index >= 15 is 0 Å². The molecule has 0 radical (unpaired) electrons. The minimum Gasteiger partial charge on any atom is -0.486 e. The van der Waals surface area contributed by atoms with Crippen LogP contribution in [0, 0.1) is 0 Å². The molecule has 0 unspecified atom stereocenters. The molecule has 110 valence electrons. The van der Waals surface area contributed by atoms with Crippen LogP contribution in [0.25, 0.3) is 0 Å². The van der Waals surface area contributed by atoms with Crippen molar-refractivity contribution in [2.75, 3.05) is 13.2 Å². The van der Waals surface area contributed by atoms with E-state index < -0.39 is 11.4 Å². The third-order valence-electron chi connectivity index (χ3n) is 3.51. The van der Waals surface area contributed by atoms with Gasteiger partial charge in [0.1, 0.15) is 13.2 Å². The first-order valence-corrected chi connectivity index (χ1v) is 7.49. The van der Waals surface area contributed by atoms with Gasteiger partial charge in [-0.15, -0.1) is 0 Å². The molecule has 0 atom stereocenters. The third kappa shape index (κ3) is 2.77. The molecule has 0 aliphatic carbocycles. The summed E-state index contributed by atoms with van der Waals surface area (Å²) in [6, 6.07) is 1.88. The number of hydrogen-bond acceptors (Lipinski definition) is 3. The van der Waals surface area contributed by atoms with Crippen LogP contribution < -0.4 is 9.47 Å². The first-order valence-electron chi connectivity index (χ1n) is 6.70. The second-order valence-electron chi connectivity index (χ2n) is 5.54. The Labute approximate surface area is 127 Å². The highest BCUT2D eigenvalue weighted by Gasteiger charge is 2.32. The first-order chi connectivity index (χ1) is 9.36. The molecule has 1 heterocycles. The van der Waals surface area contributed by atoms with Crippen molar-refractivity contribution < 1.29 is 19.4 Å². The van der Waals surface area contributed by atoms with Gasteiger partial charge in [0.25, 0.3) is 0 Å². The van der Waals surface area contributed by atoms with Crippen LogP contribution in [0.2, 0.25) is 0 Å². The number of halogens is 1. The highest BCUT2D eigenvalue weighted by molar-refractivity contribution is 9.10. The lowest BCUT2D eigenvalue weighted by Crippen LogP contribution is -2.26. The van der Waals surface area contributed by atoms with Gasteiger partial charge in [-0.2, -0.15) is 0 Å². The quantitative estimate of drug-likeness (QED) is 0.909. The van der Waals surface area contributed by atoms with Gasteiger partial charge in [-0.1, -0.05) is 36.7 Å². The van der Waals surface area contributed by atoms with Crippen molar-refractivity contribution in [3.63, 3.8) is 0 Å². The Balaban J connectivity index is 2.60. The van der Waals surface area contributed by atoms with E-state index in [1.807, 2.05) is 26.8 Å². The summed E-state index contributed by atoms with van der Waals surface area (Å²) in [7, 11) is 0. The fourth-order valence-corrected chi connectivity index (χ4v) is 3.74. The standard InChI is InChI=1S/C15H19BrO4/c1-4-9-13(15(2,3)8-12(17)18)10(16)7-11-14(9)20-6-5-19-11/h7H,4-6,8H2,1-3H3,(H,17,18). The van der Waals surface area contributed by atoms with E-state index in [0.717, 1.165) is 33.5 Å². The first kappa shape index (κ1) is 15.2. The largest absolute Gasteiger partial charge is 0.486 e. The minimum atomic E-state index is -0.807. The molecule has 4 nitrogen and oxygen atoms in total. The van der Waals surface area contributed by atoms with E-state index in [4.69, 9.17) is 14.6 Å². The van der Waals surface area contributed by atoms with Crippen molar-refractivity contribution in [1.82, 2.24) is 0 Å². The lowest BCUT2D eigenvalue weighted by molar-refractivity contribution is -0.138. The van der Waals surface area contributed by atoms with Gasteiger partial charge in [-0.25, -0.2) is 0 Å². The molecule has 1 N–H and O–H groups in total. The van der Waals surface area contributed by atoms with E-state index in [1.165, 1.54) is 0 Å². The van der Waals surface area contributed by atoms with Gasteiger partial charge in [-0.05, 0) is 18.1 Å². The lowest BCUT2D eigenvalue weighted by Gasteiger charge is -2.31. The van der Waals surface area contributed by atoms with Crippen LogP contribution in [-0.4, -0.2) is 24.3 Å². The Bertz CT molecular complexity index is 537. The van der Waals surface area contributed by atoms with Crippen LogP contribution in [0.5, 0.6) is 11.5 Å². The molecule has 0 amide bonds. The number of ether oxygens (including phenoxy) is 2. The van der Waals surface area contributed by atoms with Gasteiger partial charge in [0.2, 0.25) is 0 Å². The Kier molecular flexibility index (Phi) is 4.28. The molecule has 0 saturated heterocycles. The molecule has 0 saturated carbocycles. The molecule has 5 heteroatoms. The zero-order chi connectivity index (χ0) is 14.9. The number of carboxylic acids is 1. The molecule has 1 aromatic carbocycles. The maximum Gasteiger partial charge on any atom is 0.304 e. The van der Waals surface area contributed by atoms with Crippen molar-refractivity contribution in [1.29, 1.82) is 0 Å². The van der Waals surface area contributed by atoms with E-state index in [0.29, 0.717) is 13.2 Å². The van der Waals surface area contributed by atoms with Crippen LogP contribution in [0.4, 0.5) is 0 Å². The van der Waals surface area contributed by atoms with Crippen LogP contribution >= 0.6 is 15.9 Å². The van der Waals surface area contributed by atoms with Gasteiger partial charge < -0.3 is 14.6 Å². The third-order valence-corrected chi connectivity index (χ3v) is 4.13. The maximum atomic E-state index is 11.1. The topological polar surface area (TPSA) is 55.8 Å². The van der Waals surface area contributed by atoms with Crippen LogP contribution in [0.3, 0.4) is 0 Å². The number of aliphatic carboxylic acids is 1. The molecule has 0 aromatic heterocycles. The molecular formula is C15H19BrO4. The summed E-state index contributed by atoms with van der Waals surface area (Å²) < 4.78 is 12.3. The van der Waals surface area contributed by atoms with Crippen molar-refractivity contribution in [2.45, 2.75) is 39.0 Å². The molecule has 1 aliphatic heterocycles. The average molecular weight is 343 g/mol. The van der Waals surface area contributed by atoms with Crippen LogP contribution in [-0.2, 0) is 16.6 Å². The number of hydrogen-bond donors (Lipinski definition) is 1. The van der Waals surface area contributed by atoms with Gasteiger partial charge in [0.05, 0.1) is 6.42 Å². The van der Waals surface area contributed by atoms with Crippen molar-refractivity contribution in [3.05, 3.63) is 21.7 Å². The summed E-state index contributed by atoms with van der Waals surface area (Å²) in [5.41, 5.74) is 1.54. The monoisotopic (exact) mass is 342 g/mol. The number of carboxylic acid groups (broad SMARTS) is 1.